The van der Waals surface area contributed by atoms with E-state index >= 15 is 0 Å². The number of methoxy groups -OCH3 is 1. The predicted octanol–water partition coefficient (Wildman–Crippen LogP) is 4.37. The van der Waals surface area contributed by atoms with Crippen molar-refractivity contribution >= 4 is 58.5 Å². The van der Waals surface area contributed by atoms with Gasteiger partial charge in [-0.1, -0.05) is 0 Å². The van der Waals surface area contributed by atoms with Crippen molar-refractivity contribution in [3.05, 3.63) is 47.1 Å². The molecule has 0 atom stereocenters. The van der Waals surface area contributed by atoms with Gasteiger partial charge in [-0.15, -0.1) is 0 Å². The first kappa shape index (κ1) is 23.4. The molecule has 0 radical (unpaired) electrons. The van der Waals surface area contributed by atoms with Crippen LogP contribution in [-0.4, -0.2) is 57.9 Å². The Balaban J connectivity index is 1.67. The number of aromatic nitrogens is 5. The summed E-state index contributed by atoms with van der Waals surface area (Å²) in [5.74, 6) is -0.0946. The number of nitrogens with one attached hydrogen (secondary N) is 1. The zero-order valence-corrected chi connectivity index (χ0v) is 20.1. The van der Waals surface area contributed by atoms with Gasteiger partial charge in [0.05, 0.1) is 0 Å². The Morgan fingerprint density at radius 1 is 1.12 bits per heavy atom. The number of carbonyl (C=O) groups excluding carboxylic acids is 1. The molecule has 170 valence electrons. The van der Waals surface area contributed by atoms with E-state index in [-0.39, 0.29) is 37.8 Å². The quantitative estimate of drug-likeness (QED) is 0.218. The number of anilines is 1. The minimum absolute atomic E-state index is 0.182. The number of ether oxygens (including phenoxy) is 1. The number of hydrogen-bond donors (Lipinski definition) is 1. The molecule has 0 aliphatic rings. The summed E-state index contributed by atoms with van der Waals surface area (Å²) in [6.45, 7) is 1.77. The summed E-state index contributed by atoms with van der Waals surface area (Å²) in [5.41, 5.74) is -2.34. The molecule has 8 nitrogen and oxygen atoms in total. The Hall–Kier alpha value is -2.73. The maximum atomic E-state index is 13.1. The molecule has 0 saturated heterocycles. The van der Waals surface area contributed by atoms with Crippen LogP contribution >= 0.6 is 23.4 Å². The van der Waals surface area contributed by atoms with Crippen LogP contribution < -0.4 is 10.1 Å². The molecule has 4 heterocycles. The predicted molar refractivity (Wildman–Crippen MR) is 118 cm³/mol. The molecule has 4 rings (SSSR count). The third-order valence-corrected chi connectivity index (χ3v) is 6.81. The van der Waals surface area contributed by atoms with Crippen molar-refractivity contribution in [3.8, 4) is 16.9 Å². The number of pyridine rings is 2. The molecule has 14 heteroatoms. The summed E-state index contributed by atoms with van der Waals surface area (Å²) in [6, 6.07) is 3.29. The van der Waals surface area contributed by atoms with Crippen LogP contribution in [0.2, 0.25) is 5.15 Å². The molecule has 4 aromatic rings. The number of fused-ring (bicyclic) bond motifs is 1. The van der Waals surface area contributed by atoms with Gasteiger partial charge in [0.1, 0.15) is 0 Å². The van der Waals surface area contributed by atoms with Gasteiger partial charge < -0.3 is 0 Å². The van der Waals surface area contributed by atoms with Crippen LogP contribution in [0.3, 0.4) is 0 Å². The van der Waals surface area contributed by atoms with Crippen LogP contribution in [0.5, 0.6) is 5.75 Å². The fourth-order valence-corrected chi connectivity index (χ4v) is 5.28. The third-order valence-electron chi connectivity index (χ3n) is 4.17. The van der Waals surface area contributed by atoms with Gasteiger partial charge in [-0.3, -0.25) is 0 Å². The second-order valence-electron chi connectivity index (χ2n) is 6.44. The Bertz CT molecular complexity index is 1370. The van der Waals surface area contributed by atoms with E-state index in [1.807, 2.05) is 0 Å². The van der Waals surface area contributed by atoms with Crippen LogP contribution in [0.25, 0.3) is 21.2 Å². The summed E-state index contributed by atoms with van der Waals surface area (Å²) in [7, 11) is 1.47. The van der Waals surface area contributed by atoms with Gasteiger partial charge in [0, 0.05) is 0 Å². The number of thioether (sulfide) groups is 1. The number of amides is 1. The molecule has 1 N–H and O–H groups in total. The molecule has 0 unspecified atom stereocenters. The van der Waals surface area contributed by atoms with E-state index < -0.39 is 25.9 Å². The van der Waals surface area contributed by atoms with Crippen molar-refractivity contribution in [2.75, 3.05) is 12.4 Å². The van der Waals surface area contributed by atoms with E-state index in [1.54, 1.807) is 19.1 Å². The molecule has 0 aromatic carbocycles. The van der Waals surface area contributed by atoms with Crippen LogP contribution in [0.4, 0.5) is 17.9 Å². The molecule has 0 saturated carbocycles. The molecular weight excluding hydrogens is 548 g/mol. The third kappa shape index (κ3) is 5.44. The van der Waals surface area contributed by atoms with Gasteiger partial charge in [-0.05, 0) is 0 Å². The molecule has 0 aliphatic carbocycles. The first-order chi connectivity index (χ1) is 15.6. The SMILES string of the molecule is COc1cnc(Cl)cc1-c1cc(C)ncc1C(=O)Nc1nc2ncc(SC(F)(F)F)nc2[se]1. The van der Waals surface area contributed by atoms with Crippen LogP contribution in [0.1, 0.15) is 16.1 Å². The Labute approximate surface area is 199 Å². The zero-order valence-electron chi connectivity index (χ0n) is 16.8. The van der Waals surface area contributed by atoms with Crippen molar-refractivity contribution in [1.29, 1.82) is 0 Å². The number of halogens is 4. The average Bonchev–Trinajstić information content (AvgIpc) is 3.13. The standard InChI is InChI=1S/C19H12ClF3N6O2SSe/c1-8-3-9(10-4-13(20)25-6-12(10)31-2)11(5-24-8)16(30)29-18-28-15-17(33-18)27-14(7-26-15)32-19(21,22)23/h3-7H,1-2H3,(H,26,28,29,30). The van der Waals surface area contributed by atoms with E-state index in [1.165, 1.54) is 19.5 Å². The van der Waals surface area contributed by atoms with Crippen molar-refractivity contribution in [2.45, 2.75) is 17.5 Å². The first-order valence-corrected chi connectivity index (χ1v) is 11.9. The van der Waals surface area contributed by atoms with E-state index in [2.05, 4.69) is 30.2 Å². The Kier molecular flexibility index (Phi) is 6.57. The Morgan fingerprint density at radius 2 is 1.91 bits per heavy atom. The number of alkyl halides is 3. The van der Waals surface area contributed by atoms with E-state index in [0.717, 1.165) is 6.20 Å². The van der Waals surface area contributed by atoms with Crippen molar-refractivity contribution in [1.82, 2.24) is 24.9 Å². The van der Waals surface area contributed by atoms with Gasteiger partial charge in [0.25, 0.3) is 0 Å². The van der Waals surface area contributed by atoms with Crippen LogP contribution in [-0.2, 0) is 0 Å². The molecular formula is C19H12ClF3N6O2SSe. The van der Waals surface area contributed by atoms with Gasteiger partial charge in [0.15, 0.2) is 0 Å². The maximum absolute atomic E-state index is 13.1. The second kappa shape index (κ2) is 9.26. The second-order valence-corrected chi connectivity index (χ2v) is 9.96. The summed E-state index contributed by atoms with van der Waals surface area (Å²) < 4.78 is 43.7. The summed E-state index contributed by atoms with van der Waals surface area (Å²) >= 11 is 5.07. The van der Waals surface area contributed by atoms with Crippen LogP contribution in [0, 0.1) is 6.92 Å². The summed E-state index contributed by atoms with van der Waals surface area (Å²) in [5, 5.41) is 2.63. The molecule has 0 spiro atoms. The number of carbonyl (C=O) groups is 1. The fourth-order valence-electron chi connectivity index (χ4n) is 2.85. The average molecular weight is 560 g/mol. The number of aryl methyl sites for hydroxylation is 1. The van der Waals surface area contributed by atoms with Crippen molar-refractivity contribution < 1.29 is 22.7 Å². The van der Waals surface area contributed by atoms with Crippen LogP contribution in [0.15, 0.2) is 35.7 Å². The number of rotatable bonds is 5. The normalized spacial score (nSPS) is 11.6. The minimum atomic E-state index is -4.47. The molecule has 0 aliphatic heterocycles. The van der Waals surface area contributed by atoms with E-state index in [4.69, 9.17) is 16.3 Å². The summed E-state index contributed by atoms with van der Waals surface area (Å²) in [4.78, 5) is 33.4. The monoisotopic (exact) mass is 560 g/mol. The number of nitrogens with zero attached hydrogens (tertiary/aromatic N) is 5. The van der Waals surface area contributed by atoms with Gasteiger partial charge in [-0.2, -0.15) is 0 Å². The van der Waals surface area contributed by atoms with Crippen molar-refractivity contribution in [3.63, 3.8) is 0 Å². The van der Waals surface area contributed by atoms with Gasteiger partial charge >= 0.3 is 200 Å². The molecule has 4 aromatic heterocycles. The molecule has 1 amide bonds. The van der Waals surface area contributed by atoms with Gasteiger partial charge in [0.2, 0.25) is 0 Å². The topological polar surface area (TPSA) is 103 Å². The van der Waals surface area contributed by atoms with E-state index in [0.29, 0.717) is 27.0 Å². The van der Waals surface area contributed by atoms with Gasteiger partial charge in [-0.25, -0.2) is 0 Å². The zero-order chi connectivity index (χ0) is 23.8. The van der Waals surface area contributed by atoms with E-state index in [9.17, 15) is 18.0 Å². The molecule has 33 heavy (non-hydrogen) atoms. The molecule has 0 bridgehead atoms. The summed E-state index contributed by atoms with van der Waals surface area (Å²) in [6.07, 6.45) is 3.87. The number of hydrogen-bond acceptors (Lipinski definition) is 8. The molecule has 0 fully saturated rings. The van der Waals surface area contributed by atoms with Crippen molar-refractivity contribution in [2.24, 2.45) is 0 Å². The first-order valence-electron chi connectivity index (χ1n) is 9.00. The fraction of sp³-hybridized carbons (Fsp3) is 0.158. The Morgan fingerprint density at radius 3 is 2.64 bits per heavy atom.